The Morgan fingerprint density at radius 3 is 2.29 bits per heavy atom. The van der Waals surface area contributed by atoms with Gasteiger partial charge in [-0.1, -0.05) is 58.9 Å². The molecule has 7 heteroatoms. The first-order valence-corrected chi connectivity index (χ1v) is 11.7. The Balaban J connectivity index is 1.78. The van der Waals surface area contributed by atoms with E-state index in [0.717, 1.165) is 5.56 Å². The van der Waals surface area contributed by atoms with Crippen LogP contribution in [0.4, 0.5) is 0 Å². The second-order valence-electron chi connectivity index (χ2n) is 9.90. The van der Waals surface area contributed by atoms with Crippen molar-refractivity contribution in [2.24, 2.45) is 5.92 Å². The first-order valence-electron chi connectivity index (χ1n) is 11.7. The van der Waals surface area contributed by atoms with Gasteiger partial charge in [-0.2, -0.15) is 0 Å². The number of nitrogens with zero attached hydrogens (tertiary/aromatic N) is 2. The highest BCUT2D eigenvalue weighted by Gasteiger charge is 2.29. The van der Waals surface area contributed by atoms with Gasteiger partial charge in [-0.25, -0.2) is 4.98 Å². The van der Waals surface area contributed by atoms with Crippen molar-refractivity contribution in [3.8, 4) is 0 Å². The molecule has 0 aliphatic heterocycles. The molecule has 0 aliphatic carbocycles. The van der Waals surface area contributed by atoms with E-state index in [-0.39, 0.29) is 35.3 Å². The van der Waals surface area contributed by atoms with Crippen LogP contribution in [0.3, 0.4) is 0 Å². The van der Waals surface area contributed by atoms with Crippen LogP contribution in [0.1, 0.15) is 63.3 Å². The summed E-state index contributed by atoms with van der Waals surface area (Å²) in [6.07, 6.45) is 0. The summed E-state index contributed by atoms with van der Waals surface area (Å²) in [5.74, 6) is -0.220. The Labute approximate surface area is 200 Å². The van der Waals surface area contributed by atoms with Crippen molar-refractivity contribution in [2.45, 2.75) is 59.5 Å². The molecule has 2 N–H and O–H groups in total. The van der Waals surface area contributed by atoms with E-state index in [1.54, 1.807) is 35.2 Å². The third kappa shape index (κ3) is 5.71. The van der Waals surface area contributed by atoms with Crippen LogP contribution < -0.4 is 10.9 Å². The molecule has 0 radical (unpaired) electrons. The van der Waals surface area contributed by atoms with E-state index in [4.69, 9.17) is 0 Å². The van der Waals surface area contributed by atoms with Crippen LogP contribution in [0.2, 0.25) is 0 Å². The molecular formula is C27H34N4O3. The molecule has 3 rings (SSSR count). The summed E-state index contributed by atoms with van der Waals surface area (Å²) in [5, 5.41) is 3.41. The average Bonchev–Trinajstić information content (AvgIpc) is 2.79. The molecule has 0 saturated carbocycles. The van der Waals surface area contributed by atoms with Gasteiger partial charge in [-0.15, -0.1) is 0 Å². The number of hydrogen-bond donors (Lipinski definition) is 2. The lowest BCUT2D eigenvalue weighted by atomic mass is 9.86. The average molecular weight is 463 g/mol. The second kappa shape index (κ2) is 10.2. The van der Waals surface area contributed by atoms with Crippen LogP contribution >= 0.6 is 0 Å². The Bertz CT molecular complexity index is 1220. The molecule has 180 valence electrons. The zero-order valence-corrected chi connectivity index (χ0v) is 20.8. The third-order valence-electron chi connectivity index (χ3n) is 5.93. The van der Waals surface area contributed by atoms with Crippen LogP contribution in [0.25, 0.3) is 10.9 Å². The molecule has 0 aliphatic rings. The summed E-state index contributed by atoms with van der Waals surface area (Å²) in [4.78, 5) is 47.7. The van der Waals surface area contributed by atoms with Gasteiger partial charge in [0, 0.05) is 12.1 Å². The molecule has 2 amide bonds. The molecule has 0 fully saturated rings. The van der Waals surface area contributed by atoms with Crippen LogP contribution in [-0.4, -0.2) is 39.3 Å². The number of benzene rings is 2. The maximum absolute atomic E-state index is 13.4. The van der Waals surface area contributed by atoms with E-state index < -0.39 is 6.04 Å². The lowest BCUT2D eigenvalue weighted by molar-refractivity contribution is -0.134. The van der Waals surface area contributed by atoms with Crippen molar-refractivity contribution in [1.29, 1.82) is 0 Å². The molecule has 2 aromatic carbocycles. The van der Waals surface area contributed by atoms with Gasteiger partial charge < -0.3 is 15.2 Å². The van der Waals surface area contributed by atoms with E-state index in [9.17, 15) is 14.4 Å². The molecule has 1 heterocycles. The van der Waals surface area contributed by atoms with Crippen LogP contribution in [0.15, 0.2) is 53.3 Å². The number of H-pyrrole nitrogens is 1. The molecular weight excluding hydrogens is 428 g/mol. The number of carbonyl (C=O) groups excluding carboxylic acids is 2. The zero-order chi connectivity index (χ0) is 25.0. The lowest BCUT2D eigenvalue weighted by Crippen LogP contribution is -2.51. The number of hydrogen-bond acceptors (Lipinski definition) is 4. The zero-order valence-electron chi connectivity index (χ0n) is 20.8. The van der Waals surface area contributed by atoms with Crippen LogP contribution in [-0.2, 0) is 16.8 Å². The Morgan fingerprint density at radius 1 is 1.06 bits per heavy atom. The van der Waals surface area contributed by atoms with E-state index in [1.165, 1.54) is 0 Å². The fraction of sp³-hybridized carbons (Fsp3) is 0.407. The lowest BCUT2D eigenvalue weighted by Gasteiger charge is -2.29. The van der Waals surface area contributed by atoms with Gasteiger partial charge >= 0.3 is 0 Å². The molecule has 0 spiro atoms. The number of para-hydroxylation sites is 1. The predicted molar refractivity (Wildman–Crippen MR) is 135 cm³/mol. The minimum atomic E-state index is -0.707. The standard InChI is InChI=1S/C27H34N4O3/c1-7-31(16-22-28-21-11-9-8-10-20(21)25(33)29-22)26(34)23(17(2)3)30-24(32)18-12-14-19(15-13-18)27(4,5)6/h8-15,17,23H,7,16H2,1-6H3,(H,30,32)(H,28,29,33)/t23-/m0/s1. The SMILES string of the molecule is CCN(Cc1nc2ccccc2c(=O)[nH]1)C(=O)[C@@H](NC(=O)c1ccc(C(C)(C)C)cc1)C(C)C. The normalized spacial score (nSPS) is 12.6. The summed E-state index contributed by atoms with van der Waals surface area (Å²) >= 11 is 0. The Kier molecular flexibility index (Phi) is 7.54. The van der Waals surface area contributed by atoms with Crippen molar-refractivity contribution >= 4 is 22.7 Å². The van der Waals surface area contributed by atoms with E-state index >= 15 is 0 Å². The molecule has 0 saturated heterocycles. The molecule has 1 aromatic heterocycles. The van der Waals surface area contributed by atoms with Gasteiger partial charge in [0.15, 0.2) is 0 Å². The maximum Gasteiger partial charge on any atom is 0.258 e. The minimum absolute atomic E-state index is 0.00909. The first kappa shape index (κ1) is 25.1. The van der Waals surface area contributed by atoms with E-state index in [0.29, 0.717) is 28.8 Å². The van der Waals surface area contributed by atoms with E-state index in [2.05, 4.69) is 36.1 Å². The topological polar surface area (TPSA) is 95.2 Å². The monoisotopic (exact) mass is 462 g/mol. The third-order valence-corrected chi connectivity index (χ3v) is 5.93. The van der Waals surface area contributed by atoms with Gasteiger partial charge in [0.25, 0.3) is 11.5 Å². The molecule has 1 atom stereocenters. The van der Waals surface area contributed by atoms with Crippen molar-refractivity contribution in [1.82, 2.24) is 20.2 Å². The molecule has 0 bridgehead atoms. The summed E-state index contributed by atoms with van der Waals surface area (Å²) in [6.45, 7) is 12.6. The predicted octanol–water partition coefficient (Wildman–Crippen LogP) is 4.02. The van der Waals surface area contributed by atoms with Gasteiger partial charge in [-0.05, 0) is 48.1 Å². The van der Waals surface area contributed by atoms with Crippen LogP contribution in [0, 0.1) is 5.92 Å². The number of rotatable bonds is 7. The molecule has 34 heavy (non-hydrogen) atoms. The number of amides is 2. The largest absolute Gasteiger partial charge is 0.340 e. The summed E-state index contributed by atoms with van der Waals surface area (Å²) < 4.78 is 0. The molecule has 3 aromatic rings. The van der Waals surface area contributed by atoms with Gasteiger partial charge in [0.2, 0.25) is 5.91 Å². The Hall–Kier alpha value is -3.48. The first-order chi connectivity index (χ1) is 16.0. The van der Waals surface area contributed by atoms with Gasteiger partial charge in [-0.3, -0.25) is 14.4 Å². The number of aromatic nitrogens is 2. The number of nitrogens with one attached hydrogen (secondary N) is 2. The molecule has 7 nitrogen and oxygen atoms in total. The van der Waals surface area contributed by atoms with Crippen molar-refractivity contribution in [3.05, 3.63) is 75.8 Å². The van der Waals surface area contributed by atoms with Crippen LogP contribution in [0.5, 0.6) is 0 Å². The summed E-state index contributed by atoms with van der Waals surface area (Å²) in [7, 11) is 0. The quantitative estimate of drug-likeness (QED) is 0.554. The number of aromatic amines is 1. The minimum Gasteiger partial charge on any atom is -0.340 e. The van der Waals surface area contributed by atoms with Crippen molar-refractivity contribution < 1.29 is 9.59 Å². The van der Waals surface area contributed by atoms with Crippen molar-refractivity contribution in [2.75, 3.05) is 6.54 Å². The summed E-state index contributed by atoms with van der Waals surface area (Å²) in [6, 6.07) is 13.9. The van der Waals surface area contributed by atoms with Gasteiger partial charge in [0.1, 0.15) is 11.9 Å². The number of fused-ring (bicyclic) bond motifs is 1. The summed E-state index contributed by atoms with van der Waals surface area (Å²) in [5.41, 5.74) is 1.98. The fourth-order valence-electron chi connectivity index (χ4n) is 3.79. The molecule has 0 unspecified atom stereocenters. The number of carbonyl (C=O) groups is 2. The van der Waals surface area contributed by atoms with E-state index in [1.807, 2.05) is 39.0 Å². The highest BCUT2D eigenvalue weighted by atomic mass is 16.2. The highest BCUT2D eigenvalue weighted by molar-refractivity contribution is 5.97. The van der Waals surface area contributed by atoms with Gasteiger partial charge in [0.05, 0.1) is 17.4 Å². The highest BCUT2D eigenvalue weighted by Crippen LogP contribution is 2.22. The Morgan fingerprint density at radius 2 is 1.71 bits per heavy atom. The smallest absolute Gasteiger partial charge is 0.258 e. The maximum atomic E-state index is 13.4. The second-order valence-corrected chi connectivity index (χ2v) is 9.90. The fourth-order valence-corrected chi connectivity index (χ4v) is 3.79. The number of likely N-dealkylation sites (N-methyl/N-ethyl adjacent to an activating group) is 1. The van der Waals surface area contributed by atoms with Crippen molar-refractivity contribution in [3.63, 3.8) is 0 Å².